The predicted molar refractivity (Wildman–Crippen MR) is 109 cm³/mol. The van der Waals surface area contributed by atoms with Crippen molar-refractivity contribution in [2.24, 2.45) is 0 Å². The quantitative estimate of drug-likeness (QED) is 0.646. The molecule has 1 unspecified atom stereocenters. The summed E-state index contributed by atoms with van der Waals surface area (Å²) in [5.74, 6) is -0.0721. The monoisotopic (exact) mass is 399 g/mol. The number of nitrogens with zero attached hydrogens (tertiary/aromatic N) is 2. The first kappa shape index (κ1) is 18.4. The number of carbonyl (C=O) groups is 1. The standard InChI is InChI=1S/C20H21N3O2S2/c1-12-13(2)26-19-17(12)20(23-11-22-19)27-16-8-4-3-7-15(16)18(24)21-10-14-6-5-9-25-14/h3-4,7-8,11,14H,5-6,9-10H2,1-2H3,(H,21,24). The second kappa shape index (κ2) is 7.96. The Kier molecular flexibility index (Phi) is 5.43. The molecule has 3 aromatic rings. The average molecular weight is 400 g/mol. The van der Waals surface area contributed by atoms with Gasteiger partial charge in [0.2, 0.25) is 0 Å². The highest BCUT2D eigenvalue weighted by molar-refractivity contribution is 7.99. The van der Waals surface area contributed by atoms with Crippen LogP contribution in [0.1, 0.15) is 33.6 Å². The minimum atomic E-state index is -0.0721. The number of hydrogen-bond acceptors (Lipinski definition) is 6. The Hall–Kier alpha value is -1.96. The number of hydrogen-bond donors (Lipinski definition) is 1. The summed E-state index contributed by atoms with van der Waals surface area (Å²) in [4.78, 5) is 24.8. The second-order valence-corrected chi connectivity index (χ2v) is 8.82. The molecule has 0 radical (unpaired) electrons. The summed E-state index contributed by atoms with van der Waals surface area (Å²) in [6.45, 7) is 5.54. The summed E-state index contributed by atoms with van der Waals surface area (Å²) in [5, 5.41) is 4.98. The molecular weight excluding hydrogens is 378 g/mol. The molecule has 140 valence electrons. The fourth-order valence-electron chi connectivity index (χ4n) is 3.18. The SMILES string of the molecule is Cc1sc2ncnc(Sc3ccccc3C(=O)NCC3CCCO3)c2c1C. The molecule has 1 atom stereocenters. The molecule has 7 heteroatoms. The molecule has 0 spiro atoms. The van der Waals surface area contributed by atoms with Crippen LogP contribution in [0.4, 0.5) is 0 Å². The van der Waals surface area contributed by atoms with E-state index in [1.807, 2.05) is 24.3 Å². The zero-order valence-corrected chi connectivity index (χ0v) is 17.0. The molecule has 27 heavy (non-hydrogen) atoms. The Morgan fingerprint density at radius 1 is 1.33 bits per heavy atom. The smallest absolute Gasteiger partial charge is 0.252 e. The van der Waals surface area contributed by atoms with Crippen molar-refractivity contribution in [3.8, 4) is 0 Å². The number of fused-ring (bicyclic) bond motifs is 1. The van der Waals surface area contributed by atoms with Crippen LogP contribution in [0.15, 0.2) is 40.5 Å². The number of aryl methyl sites for hydroxylation is 2. The molecule has 0 aliphatic carbocycles. The lowest BCUT2D eigenvalue weighted by Gasteiger charge is -2.13. The van der Waals surface area contributed by atoms with Crippen molar-refractivity contribution in [3.63, 3.8) is 0 Å². The summed E-state index contributed by atoms with van der Waals surface area (Å²) in [7, 11) is 0. The Balaban J connectivity index is 1.59. The van der Waals surface area contributed by atoms with E-state index < -0.39 is 0 Å². The Labute approximate surface area is 166 Å². The van der Waals surface area contributed by atoms with Gasteiger partial charge in [-0.25, -0.2) is 9.97 Å². The van der Waals surface area contributed by atoms with E-state index in [2.05, 4.69) is 29.1 Å². The maximum Gasteiger partial charge on any atom is 0.252 e. The van der Waals surface area contributed by atoms with E-state index in [9.17, 15) is 4.79 Å². The summed E-state index contributed by atoms with van der Waals surface area (Å²) in [6, 6.07) is 7.66. The number of ether oxygens (including phenoxy) is 1. The second-order valence-electron chi connectivity index (χ2n) is 6.59. The van der Waals surface area contributed by atoms with Crippen molar-refractivity contribution < 1.29 is 9.53 Å². The first-order valence-corrected chi connectivity index (χ1v) is 10.6. The first-order valence-electron chi connectivity index (χ1n) is 9.01. The van der Waals surface area contributed by atoms with Crippen molar-refractivity contribution in [2.75, 3.05) is 13.2 Å². The first-order chi connectivity index (χ1) is 13.1. The zero-order valence-electron chi connectivity index (χ0n) is 15.3. The highest BCUT2D eigenvalue weighted by Gasteiger charge is 2.19. The van der Waals surface area contributed by atoms with E-state index in [1.165, 1.54) is 22.2 Å². The third-order valence-electron chi connectivity index (χ3n) is 4.78. The number of carbonyl (C=O) groups excluding carboxylic acids is 1. The molecule has 0 saturated carbocycles. The van der Waals surface area contributed by atoms with E-state index in [1.54, 1.807) is 17.7 Å². The van der Waals surface area contributed by atoms with E-state index in [0.717, 1.165) is 39.6 Å². The van der Waals surface area contributed by atoms with Crippen molar-refractivity contribution >= 4 is 39.2 Å². The van der Waals surface area contributed by atoms with Gasteiger partial charge in [0.25, 0.3) is 5.91 Å². The van der Waals surface area contributed by atoms with E-state index in [-0.39, 0.29) is 12.0 Å². The van der Waals surface area contributed by atoms with Gasteiger partial charge in [-0.05, 0) is 44.4 Å². The van der Waals surface area contributed by atoms with Gasteiger partial charge in [-0.1, -0.05) is 23.9 Å². The van der Waals surface area contributed by atoms with E-state index in [4.69, 9.17) is 4.74 Å². The molecule has 4 rings (SSSR count). The molecule has 1 N–H and O–H groups in total. The largest absolute Gasteiger partial charge is 0.376 e. The molecular formula is C20H21N3O2S2. The fraction of sp³-hybridized carbons (Fsp3) is 0.350. The van der Waals surface area contributed by atoms with Gasteiger partial charge in [-0.3, -0.25) is 4.79 Å². The molecule has 0 bridgehead atoms. The lowest BCUT2D eigenvalue weighted by molar-refractivity contribution is 0.0855. The summed E-state index contributed by atoms with van der Waals surface area (Å²) in [5.41, 5.74) is 1.87. The molecule has 1 fully saturated rings. The third kappa shape index (κ3) is 3.85. The Morgan fingerprint density at radius 3 is 3.00 bits per heavy atom. The molecule has 1 aliphatic heterocycles. The van der Waals surface area contributed by atoms with Crippen LogP contribution in [0.3, 0.4) is 0 Å². The molecule has 2 aromatic heterocycles. The summed E-state index contributed by atoms with van der Waals surface area (Å²) < 4.78 is 5.59. The number of aromatic nitrogens is 2. The van der Waals surface area contributed by atoms with Crippen LogP contribution >= 0.6 is 23.1 Å². The lowest BCUT2D eigenvalue weighted by atomic mass is 10.2. The number of rotatable bonds is 5. The molecule has 1 aliphatic rings. The van der Waals surface area contributed by atoms with Crippen molar-refractivity contribution in [2.45, 2.75) is 42.7 Å². The highest BCUT2D eigenvalue weighted by Crippen LogP contribution is 2.38. The van der Waals surface area contributed by atoms with Crippen LogP contribution in [0.5, 0.6) is 0 Å². The van der Waals surface area contributed by atoms with Crippen molar-refractivity contribution in [1.29, 1.82) is 0 Å². The van der Waals surface area contributed by atoms with Gasteiger partial charge in [-0.2, -0.15) is 0 Å². The maximum atomic E-state index is 12.7. The van der Waals surface area contributed by atoms with Crippen LogP contribution in [0.2, 0.25) is 0 Å². The molecule has 5 nitrogen and oxygen atoms in total. The normalized spacial score (nSPS) is 16.7. The molecule has 1 amide bonds. The number of benzene rings is 1. The van der Waals surface area contributed by atoms with Crippen LogP contribution in [-0.4, -0.2) is 35.1 Å². The van der Waals surface area contributed by atoms with Gasteiger partial charge in [0.1, 0.15) is 16.2 Å². The van der Waals surface area contributed by atoms with Gasteiger partial charge in [0.15, 0.2) is 0 Å². The average Bonchev–Trinajstić information content (AvgIpc) is 3.29. The topological polar surface area (TPSA) is 64.1 Å². The van der Waals surface area contributed by atoms with Crippen LogP contribution < -0.4 is 5.32 Å². The summed E-state index contributed by atoms with van der Waals surface area (Å²) >= 11 is 3.20. The summed E-state index contributed by atoms with van der Waals surface area (Å²) in [6.07, 6.45) is 3.80. The number of amides is 1. The van der Waals surface area contributed by atoms with Crippen LogP contribution in [0, 0.1) is 13.8 Å². The number of nitrogens with one attached hydrogen (secondary N) is 1. The lowest BCUT2D eigenvalue weighted by Crippen LogP contribution is -2.32. The van der Waals surface area contributed by atoms with Gasteiger partial charge >= 0.3 is 0 Å². The predicted octanol–water partition coefficient (Wildman–Crippen LogP) is 4.37. The maximum absolute atomic E-state index is 12.7. The minimum absolute atomic E-state index is 0.0721. The van der Waals surface area contributed by atoms with E-state index >= 15 is 0 Å². The minimum Gasteiger partial charge on any atom is -0.376 e. The van der Waals surface area contributed by atoms with Crippen LogP contribution in [0.25, 0.3) is 10.2 Å². The van der Waals surface area contributed by atoms with Gasteiger partial charge in [-0.15, -0.1) is 11.3 Å². The van der Waals surface area contributed by atoms with Crippen molar-refractivity contribution in [1.82, 2.24) is 15.3 Å². The number of thiophene rings is 1. The highest BCUT2D eigenvalue weighted by atomic mass is 32.2. The molecule has 1 saturated heterocycles. The zero-order chi connectivity index (χ0) is 18.8. The van der Waals surface area contributed by atoms with Crippen LogP contribution in [-0.2, 0) is 4.74 Å². The van der Waals surface area contributed by atoms with Gasteiger partial charge in [0.05, 0.1) is 11.7 Å². The van der Waals surface area contributed by atoms with Gasteiger partial charge < -0.3 is 10.1 Å². The third-order valence-corrected chi connectivity index (χ3v) is 6.98. The Morgan fingerprint density at radius 2 is 2.19 bits per heavy atom. The van der Waals surface area contributed by atoms with Crippen molar-refractivity contribution in [3.05, 3.63) is 46.6 Å². The Bertz CT molecular complexity index is 981. The fourth-order valence-corrected chi connectivity index (χ4v) is 5.32. The molecule has 1 aromatic carbocycles. The van der Waals surface area contributed by atoms with E-state index in [0.29, 0.717) is 12.1 Å². The molecule has 3 heterocycles. The van der Waals surface area contributed by atoms with Gasteiger partial charge in [0, 0.05) is 28.3 Å².